The molecule has 0 aromatic carbocycles. The molecule has 14 heavy (non-hydrogen) atoms. The smallest absolute Gasteiger partial charge is 0.233 e. The monoisotopic (exact) mass is 202 g/mol. The van der Waals surface area contributed by atoms with Crippen molar-refractivity contribution in [3.63, 3.8) is 0 Å². The maximum Gasteiger partial charge on any atom is 0.233 e. The highest BCUT2D eigenvalue weighted by Gasteiger charge is 2.16. The largest absolute Gasteiger partial charge is 0.389 e. The standard InChI is InChI=1S/C10H22N2O2/c1-4-6-12-9(13)7-11-8-10(3,14)5-2/h11,14H,4-8H2,1-3H3,(H,12,13). The fourth-order valence-corrected chi connectivity index (χ4v) is 0.897. The molecule has 0 heterocycles. The van der Waals surface area contributed by atoms with Crippen molar-refractivity contribution in [3.05, 3.63) is 0 Å². The number of aliphatic hydroxyl groups is 1. The van der Waals surface area contributed by atoms with E-state index in [-0.39, 0.29) is 12.5 Å². The van der Waals surface area contributed by atoms with E-state index in [2.05, 4.69) is 10.6 Å². The summed E-state index contributed by atoms with van der Waals surface area (Å²) in [6, 6.07) is 0. The number of amides is 1. The van der Waals surface area contributed by atoms with Gasteiger partial charge in [0.1, 0.15) is 0 Å². The molecule has 0 rings (SSSR count). The zero-order valence-electron chi connectivity index (χ0n) is 9.39. The average molecular weight is 202 g/mol. The molecule has 0 aliphatic heterocycles. The molecular formula is C10H22N2O2. The van der Waals surface area contributed by atoms with Gasteiger partial charge in [-0.15, -0.1) is 0 Å². The van der Waals surface area contributed by atoms with Crippen LogP contribution in [0, 0.1) is 0 Å². The van der Waals surface area contributed by atoms with Crippen LogP contribution in [0.1, 0.15) is 33.6 Å². The molecule has 0 aliphatic rings. The van der Waals surface area contributed by atoms with Gasteiger partial charge in [0.25, 0.3) is 0 Å². The van der Waals surface area contributed by atoms with E-state index >= 15 is 0 Å². The van der Waals surface area contributed by atoms with Crippen LogP contribution in [0.5, 0.6) is 0 Å². The van der Waals surface area contributed by atoms with Gasteiger partial charge >= 0.3 is 0 Å². The summed E-state index contributed by atoms with van der Waals surface area (Å²) in [5.74, 6) is -0.0150. The van der Waals surface area contributed by atoms with E-state index < -0.39 is 5.60 Å². The van der Waals surface area contributed by atoms with Crippen LogP contribution in [0.3, 0.4) is 0 Å². The van der Waals surface area contributed by atoms with Crippen molar-refractivity contribution in [2.75, 3.05) is 19.6 Å². The van der Waals surface area contributed by atoms with E-state index in [0.29, 0.717) is 19.5 Å². The molecule has 0 fully saturated rings. The van der Waals surface area contributed by atoms with Crippen molar-refractivity contribution in [2.24, 2.45) is 0 Å². The molecule has 0 aromatic heterocycles. The van der Waals surface area contributed by atoms with Crippen molar-refractivity contribution < 1.29 is 9.90 Å². The summed E-state index contributed by atoms with van der Waals surface area (Å²) in [7, 11) is 0. The lowest BCUT2D eigenvalue weighted by Gasteiger charge is -2.21. The summed E-state index contributed by atoms with van der Waals surface area (Å²) in [6.45, 7) is 7.11. The maximum absolute atomic E-state index is 11.1. The first-order chi connectivity index (χ1) is 6.52. The lowest BCUT2D eigenvalue weighted by Crippen LogP contribution is -2.42. The van der Waals surface area contributed by atoms with Gasteiger partial charge in [0.05, 0.1) is 12.1 Å². The van der Waals surface area contributed by atoms with E-state index in [1.807, 2.05) is 13.8 Å². The minimum atomic E-state index is -0.717. The number of hydrogen-bond acceptors (Lipinski definition) is 3. The molecule has 1 amide bonds. The Bertz CT molecular complexity index is 170. The molecule has 0 saturated carbocycles. The Morgan fingerprint density at radius 1 is 1.43 bits per heavy atom. The summed E-state index contributed by atoms with van der Waals surface area (Å²) in [4.78, 5) is 11.1. The molecule has 0 saturated heterocycles. The third kappa shape index (κ3) is 6.86. The fourth-order valence-electron chi connectivity index (χ4n) is 0.897. The molecule has 3 N–H and O–H groups in total. The van der Waals surface area contributed by atoms with E-state index in [0.717, 1.165) is 6.42 Å². The highest BCUT2D eigenvalue weighted by molar-refractivity contribution is 5.77. The quantitative estimate of drug-likeness (QED) is 0.555. The normalized spacial score (nSPS) is 14.9. The molecule has 0 aromatic rings. The second kappa shape index (κ2) is 6.79. The van der Waals surface area contributed by atoms with Crippen LogP contribution < -0.4 is 10.6 Å². The van der Waals surface area contributed by atoms with Crippen LogP contribution in [0.15, 0.2) is 0 Å². The molecule has 0 bridgehead atoms. The first-order valence-electron chi connectivity index (χ1n) is 5.21. The van der Waals surface area contributed by atoms with Gasteiger partial charge in [-0.2, -0.15) is 0 Å². The number of carbonyl (C=O) groups excluding carboxylic acids is 1. The minimum Gasteiger partial charge on any atom is -0.389 e. The fraction of sp³-hybridized carbons (Fsp3) is 0.900. The zero-order chi connectivity index (χ0) is 11.0. The van der Waals surface area contributed by atoms with Gasteiger partial charge in [-0.1, -0.05) is 13.8 Å². The van der Waals surface area contributed by atoms with E-state index in [1.54, 1.807) is 6.92 Å². The molecular weight excluding hydrogens is 180 g/mol. The molecule has 84 valence electrons. The van der Waals surface area contributed by atoms with Gasteiger partial charge < -0.3 is 15.7 Å². The Hall–Kier alpha value is -0.610. The number of hydrogen-bond donors (Lipinski definition) is 3. The summed E-state index contributed by atoms with van der Waals surface area (Å²) in [6.07, 6.45) is 1.62. The van der Waals surface area contributed by atoms with E-state index in [9.17, 15) is 9.90 Å². The molecule has 1 unspecified atom stereocenters. The van der Waals surface area contributed by atoms with Crippen LogP contribution in [-0.2, 0) is 4.79 Å². The van der Waals surface area contributed by atoms with Gasteiger partial charge in [-0.25, -0.2) is 0 Å². The van der Waals surface area contributed by atoms with Crippen LogP contribution >= 0.6 is 0 Å². The average Bonchev–Trinajstić information content (AvgIpc) is 2.14. The first-order valence-corrected chi connectivity index (χ1v) is 5.21. The number of nitrogens with one attached hydrogen (secondary N) is 2. The Kier molecular flexibility index (Phi) is 6.49. The summed E-state index contributed by atoms with van der Waals surface area (Å²) >= 11 is 0. The summed E-state index contributed by atoms with van der Waals surface area (Å²) in [5.41, 5.74) is -0.717. The third-order valence-electron chi connectivity index (χ3n) is 2.13. The summed E-state index contributed by atoms with van der Waals surface area (Å²) in [5, 5.41) is 15.3. The van der Waals surface area contributed by atoms with Crippen LogP contribution in [0.25, 0.3) is 0 Å². The summed E-state index contributed by atoms with van der Waals surface area (Å²) < 4.78 is 0. The lowest BCUT2D eigenvalue weighted by molar-refractivity contribution is -0.120. The number of carbonyl (C=O) groups is 1. The van der Waals surface area contributed by atoms with Gasteiger partial charge in [-0.3, -0.25) is 4.79 Å². The first kappa shape index (κ1) is 13.4. The van der Waals surface area contributed by atoms with Crippen LogP contribution in [0.2, 0.25) is 0 Å². The molecule has 0 aliphatic carbocycles. The van der Waals surface area contributed by atoms with E-state index in [1.165, 1.54) is 0 Å². The molecule has 4 nitrogen and oxygen atoms in total. The van der Waals surface area contributed by atoms with Crippen molar-refractivity contribution in [1.82, 2.24) is 10.6 Å². The second-order valence-electron chi connectivity index (χ2n) is 3.80. The zero-order valence-corrected chi connectivity index (χ0v) is 9.39. The highest BCUT2D eigenvalue weighted by Crippen LogP contribution is 2.05. The molecule has 4 heteroatoms. The Morgan fingerprint density at radius 3 is 2.57 bits per heavy atom. The second-order valence-corrected chi connectivity index (χ2v) is 3.80. The van der Waals surface area contributed by atoms with Gasteiger partial charge in [0.15, 0.2) is 0 Å². The van der Waals surface area contributed by atoms with Crippen LogP contribution in [0.4, 0.5) is 0 Å². The van der Waals surface area contributed by atoms with Crippen molar-refractivity contribution in [1.29, 1.82) is 0 Å². The molecule has 0 spiro atoms. The van der Waals surface area contributed by atoms with Gasteiger partial charge in [-0.05, 0) is 19.8 Å². The molecule has 1 atom stereocenters. The number of rotatable bonds is 7. The van der Waals surface area contributed by atoms with Gasteiger partial charge in [0.2, 0.25) is 5.91 Å². The Balaban J connectivity index is 3.49. The maximum atomic E-state index is 11.1. The lowest BCUT2D eigenvalue weighted by atomic mass is 10.0. The van der Waals surface area contributed by atoms with Crippen molar-refractivity contribution in [2.45, 2.75) is 39.2 Å². The Morgan fingerprint density at radius 2 is 2.07 bits per heavy atom. The van der Waals surface area contributed by atoms with Gasteiger partial charge in [0, 0.05) is 13.1 Å². The van der Waals surface area contributed by atoms with E-state index in [4.69, 9.17) is 0 Å². The topological polar surface area (TPSA) is 61.4 Å². The predicted molar refractivity (Wildman–Crippen MR) is 57.1 cm³/mol. The highest BCUT2D eigenvalue weighted by atomic mass is 16.3. The molecule has 0 radical (unpaired) electrons. The third-order valence-corrected chi connectivity index (χ3v) is 2.13. The Labute approximate surface area is 86.1 Å². The van der Waals surface area contributed by atoms with Crippen molar-refractivity contribution >= 4 is 5.91 Å². The van der Waals surface area contributed by atoms with Crippen molar-refractivity contribution in [3.8, 4) is 0 Å². The minimum absolute atomic E-state index is 0.0150. The SMILES string of the molecule is CCCNC(=O)CNCC(C)(O)CC. The van der Waals surface area contributed by atoms with Crippen LogP contribution in [-0.4, -0.2) is 36.2 Å². The predicted octanol–water partition coefficient (Wildman–Crippen LogP) is 0.263.